The number of rotatable bonds is 8. The summed E-state index contributed by atoms with van der Waals surface area (Å²) in [4.78, 5) is 12.9. The number of carbonyl (C=O) groups is 1. The van der Waals surface area contributed by atoms with Crippen molar-refractivity contribution in [1.29, 1.82) is 0 Å². The van der Waals surface area contributed by atoms with Gasteiger partial charge in [0.1, 0.15) is 0 Å². The molecule has 0 saturated carbocycles. The normalized spacial score (nSPS) is 11.9. The van der Waals surface area contributed by atoms with Crippen LogP contribution in [0, 0.1) is 6.92 Å². The minimum Gasteiger partial charge on any atom is -0.325 e. The summed E-state index contributed by atoms with van der Waals surface area (Å²) in [6, 6.07) is 23.7. The highest BCUT2D eigenvalue weighted by molar-refractivity contribution is 7.99. The summed E-state index contributed by atoms with van der Waals surface area (Å²) in [7, 11) is 0. The Morgan fingerprint density at radius 2 is 1.74 bits per heavy atom. The summed E-state index contributed by atoms with van der Waals surface area (Å²) < 4.78 is 1.98. The van der Waals surface area contributed by atoms with Crippen molar-refractivity contribution in [3.63, 3.8) is 0 Å². The lowest BCUT2D eigenvalue weighted by Crippen LogP contribution is -2.16. The Balaban J connectivity index is 1.58. The molecule has 1 unspecified atom stereocenters. The Morgan fingerprint density at radius 3 is 2.44 bits per heavy atom. The summed E-state index contributed by atoms with van der Waals surface area (Å²) in [5, 5.41) is 13.2. The van der Waals surface area contributed by atoms with Crippen LogP contribution in [0.1, 0.15) is 37.3 Å². The molecule has 0 aliphatic rings. The fraction of sp³-hybridized carbons (Fsp3) is 0.222. The van der Waals surface area contributed by atoms with Gasteiger partial charge >= 0.3 is 0 Å². The number of halogens is 1. The highest BCUT2D eigenvalue weighted by Gasteiger charge is 2.18. The van der Waals surface area contributed by atoms with Crippen molar-refractivity contribution in [3.8, 4) is 17.1 Å². The van der Waals surface area contributed by atoms with E-state index in [0.29, 0.717) is 21.9 Å². The standard InChI is InChI=1S/C27H27ClN4OS/c1-4-19(3)23-7-5-6-8-24(23)29-25(33)17-34-27-31-30-26(20-11-13-21(28)14-12-20)32(27)22-15-9-18(2)10-16-22/h5-16,19H,4,17H2,1-3H3,(H,29,33). The predicted molar refractivity (Wildman–Crippen MR) is 141 cm³/mol. The van der Waals surface area contributed by atoms with Gasteiger partial charge in [0, 0.05) is 22.0 Å². The highest BCUT2D eigenvalue weighted by atomic mass is 35.5. The number of nitrogens with zero attached hydrogens (tertiary/aromatic N) is 3. The fourth-order valence-electron chi connectivity index (χ4n) is 3.65. The number of thioether (sulfide) groups is 1. The van der Waals surface area contributed by atoms with E-state index in [2.05, 4.69) is 35.4 Å². The molecule has 1 N–H and O–H groups in total. The second kappa shape index (κ2) is 10.9. The summed E-state index contributed by atoms with van der Waals surface area (Å²) in [5.74, 6) is 1.22. The van der Waals surface area contributed by atoms with E-state index in [1.54, 1.807) is 0 Å². The second-order valence-electron chi connectivity index (χ2n) is 8.22. The average molecular weight is 491 g/mol. The number of hydrogen-bond acceptors (Lipinski definition) is 4. The van der Waals surface area contributed by atoms with Gasteiger partial charge in [-0.05, 0) is 67.3 Å². The average Bonchev–Trinajstić information content (AvgIpc) is 3.27. The molecular weight excluding hydrogens is 464 g/mol. The first kappa shape index (κ1) is 24.0. The van der Waals surface area contributed by atoms with E-state index >= 15 is 0 Å². The highest BCUT2D eigenvalue weighted by Crippen LogP contribution is 2.30. The van der Waals surface area contributed by atoms with E-state index in [0.717, 1.165) is 28.9 Å². The van der Waals surface area contributed by atoms with Gasteiger partial charge in [0.25, 0.3) is 0 Å². The monoisotopic (exact) mass is 490 g/mol. The molecule has 1 amide bonds. The lowest BCUT2D eigenvalue weighted by Gasteiger charge is -2.15. The Bertz CT molecular complexity index is 1270. The van der Waals surface area contributed by atoms with Gasteiger partial charge in [-0.3, -0.25) is 9.36 Å². The van der Waals surface area contributed by atoms with Crippen LogP contribution in [0.4, 0.5) is 5.69 Å². The van der Waals surface area contributed by atoms with Crippen LogP contribution in [-0.2, 0) is 4.79 Å². The van der Waals surface area contributed by atoms with Gasteiger partial charge in [-0.15, -0.1) is 10.2 Å². The van der Waals surface area contributed by atoms with E-state index in [1.807, 2.05) is 78.2 Å². The molecule has 5 nitrogen and oxygen atoms in total. The Labute approximate surface area is 209 Å². The number of aryl methyl sites for hydroxylation is 1. The summed E-state index contributed by atoms with van der Waals surface area (Å²) in [6.45, 7) is 6.37. The lowest BCUT2D eigenvalue weighted by atomic mass is 9.97. The molecule has 0 fully saturated rings. The summed E-state index contributed by atoms with van der Waals surface area (Å²) >= 11 is 7.44. The van der Waals surface area contributed by atoms with Crippen molar-refractivity contribution in [3.05, 3.63) is 88.9 Å². The molecule has 4 rings (SSSR count). The zero-order valence-electron chi connectivity index (χ0n) is 19.5. The molecule has 0 aliphatic carbocycles. The molecule has 0 spiro atoms. The van der Waals surface area contributed by atoms with E-state index in [1.165, 1.54) is 17.3 Å². The summed E-state index contributed by atoms with van der Waals surface area (Å²) in [5.41, 5.74) is 5.01. The van der Waals surface area contributed by atoms with Crippen LogP contribution in [0.3, 0.4) is 0 Å². The van der Waals surface area contributed by atoms with Crippen LogP contribution in [0.15, 0.2) is 78.0 Å². The van der Waals surface area contributed by atoms with Crippen LogP contribution in [-0.4, -0.2) is 26.4 Å². The molecule has 174 valence electrons. The van der Waals surface area contributed by atoms with Gasteiger partial charge in [-0.1, -0.05) is 73.1 Å². The smallest absolute Gasteiger partial charge is 0.234 e. The Morgan fingerprint density at radius 1 is 1.03 bits per heavy atom. The largest absolute Gasteiger partial charge is 0.325 e. The molecule has 0 aliphatic heterocycles. The third-order valence-electron chi connectivity index (χ3n) is 5.74. The van der Waals surface area contributed by atoms with Crippen LogP contribution in [0.2, 0.25) is 5.02 Å². The third-order valence-corrected chi connectivity index (χ3v) is 6.92. The van der Waals surface area contributed by atoms with Crippen LogP contribution < -0.4 is 5.32 Å². The molecule has 1 atom stereocenters. The van der Waals surface area contributed by atoms with Crippen molar-refractivity contribution in [2.75, 3.05) is 11.1 Å². The number of benzene rings is 3. The van der Waals surface area contributed by atoms with E-state index in [9.17, 15) is 4.79 Å². The molecule has 3 aromatic carbocycles. The zero-order chi connectivity index (χ0) is 24.1. The molecule has 7 heteroatoms. The lowest BCUT2D eigenvalue weighted by molar-refractivity contribution is -0.113. The Kier molecular flexibility index (Phi) is 7.70. The van der Waals surface area contributed by atoms with Gasteiger partial charge < -0.3 is 5.32 Å². The van der Waals surface area contributed by atoms with Crippen molar-refractivity contribution in [2.24, 2.45) is 0 Å². The maximum Gasteiger partial charge on any atom is 0.234 e. The summed E-state index contributed by atoms with van der Waals surface area (Å²) in [6.07, 6.45) is 1.01. The number of aromatic nitrogens is 3. The minimum absolute atomic E-state index is 0.0766. The first-order valence-corrected chi connectivity index (χ1v) is 12.6. The van der Waals surface area contributed by atoms with E-state index < -0.39 is 0 Å². The molecule has 0 radical (unpaired) electrons. The molecule has 0 saturated heterocycles. The SMILES string of the molecule is CCC(C)c1ccccc1NC(=O)CSc1nnc(-c2ccc(Cl)cc2)n1-c1ccc(C)cc1. The molecular formula is C27H27ClN4OS. The Hall–Kier alpha value is -3.09. The number of hydrogen-bond donors (Lipinski definition) is 1. The number of para-hydroxylation sites is 1. The van der Waals surface area contributed by atoms with E-state index in [-0.39, 0.29) is 11.7 Å². The topological polar surface area (TPSA) is 59.8 Å². The van der Waals surface area contributed by atoms with Crippen molar-refractivity contribution >= 4 is 35.0 Å². The number of anilines is 1. The quantitative estimate of drug-likeness (QED) is 0.266. The van der Waals surface area contributed by atoms with Crippen LogP contribution in [0.5, 0.6) is 0 Å². The number of carbonyl (C=O) groups excluding carboxylic acids is 1. The fourth-order valence-corrected chi connectivity index (χ4v) is 4.53. The van der Waals surface area contributed by atoms with Crippen LogP contribution >= 0.6 is 23.4 Å². The third kappa shape index (κ3) is 5.51. The van der Waals surface area contributed by atoms with E-state index in [4.69, 9.17) is 11.6 Å². The van der Waals surface area contributed by atoms with Gasteiger partial charge in [-0.2, -0.15) is 0 Å². The molecule has 1 aromatic heterocycles. The minimum atomic E-state index is -0.0766. The molecule has 34 heavy (non-hydrogen) atoms. The van der Waals surface area contributed by atoms with Gasteiger partial charge in [0.15, 0.2) is 11.0 Å². The zero-order valence-corrected chi connectivity index (χ0v) is 21.0. The van der Waals surface area contributed by atoms with Gasteiger partial charge in [0.05, 0.1) is 5.75 Å². The molecule has 4 aromatic rings. The molecule has 1 heterocycles. The van der Waals surface area contributed by atoms with Crippen LogP contribution in [0.25, 0.3) is 17.1 Å². The first-order chi connectivity index (χ1) is 16.5. The first-order valence-electron chi connectivity index (χ1n) is 11.3. The number of amides is 1. The van der Waals surface area contributed by atoms with Crippen molar-refractivity contribution in [1.82, 2.24) is 14.8 Å². The maximum absolute atomic E-state index is 12.9. The molecule has 0 bridgehead atoms. The second-order valence-corrected chi connectivity index (χ2v) is 9.60. The van der Waals surface area contributed by atoms with Crippen molar-refractivity contribution in [2.45, 2.75) is 38.3 Å². The number of nitrogens with one attached hydrogen (secondary N) is 1. The maximum atomic E-state index is 12.9. The predicted octanol–water partition coefficient (Wildman–Crippen LogP) is 7.14. The van der Waals surface area contributed by atoms with Gasteiger partial charge in [-0.25, -0.2) is 0 Å². The van der Waals surface area contributed by atoms with Crippen molar-refractivity contribution < 1.29 is 4.79 Å². The van der Waals surface area contributed by atoms with Gasteiger partial charge in [0.2, 0.25) is 5.91 Å².